The van der Waals surface area contributed by atoms with Crippen molar-refractivity contribution < 1.29 is 10.9 Å². The molecule has 0 aliphatic rings. The number of benzene rings is 2. The molecule has 3 nitrogen and oxygen atoms in total. The maximum absolute atomic E-state index is 12.4. The van der Waals surface area contributed by atoms with E-state index in [9.17, 15) is 8.42 Å². The average Bonchev–Trinajstić information content (AvgIpc) is 2.48. The second-order valence-electron chi connectivity index (χ2n) is 4.22. The van der Waals surface area contributed by atoms with Crippen molar-refractivity contribution in [2.75, 3.05) is 0 Å². The molecule has 2 rings (SSSR count). The van der Waals surface area contributed by atoms with Crippen LogP contribution in [0.15, 0.2) is 59.5 Å². The molecule has 0 aromatic heterocycles. The third-order valence-electron chi connectivity index (χ3n) is 2.57. The van der Waals surface area contributed by atoms with Crippen molar-refractivity contribution in [3.05, 3.63) is 63.7 Å². The molecule has 0 heterocycles. The van der Waals surface area contributed by atoms with E-state index in [0.29, 0.717) is 0 Å². The zero-order chi connectivity index (χ0) is 15.3. The summed E-state index contributed by atoms with van der Waals surface area (Å²) in [6.07, 6.45) is 0. The van der Waals surface area contributed by atoms with Crippen molar-refractivity contribution in [3.63, 3.8) is 0 Å². The molecule has 0 spiro atoms. The molecule has 0 aliphatic heterocycles. The van der Waals surface area contributed by atoms with Gasteiger partial charge in [-0.25, -0.2) is 0 Å². The molecule has 0 atom stereocenters. The predicted molar refractivity (Wildman–Crippen MR) is 92.1 cm³/mol. The monoisotopic (exact) mass is 414 g/mol. The summed E-state index contributed by atoms with van der Waals surface area (Å²) in [6.45, 7) is 3.59. The Kier molecular flexibility index (Phi) is 5.39. The summed E-state index contributed by atoms with van der Waals surface area (Å²) in [4.78, 5) is 0.171. The van der Waals surface area contributed by atoms with E-state index in [1.54, 1.807) is 31.2 Å². The summed E-state index contributed by atoms with van der Waals surface area (Å²) in [5.74, 6) is 2.78. The topological polar surface area (TPSA) is 43.4 Å². The zero-order valence-electron chi connectivity index (χ0n) is 11.7. The molecule has 0 bridgehead atoms. The molecule has 2 aromatic rings. The Morgan fingerprint density at radius 1 is 1.00 bits per heavy atom. The van der Waals surface area contributed by atoms with Gasteiger partial charge in [-0.05, 0) is 0 Å². The molecule has 0 unspecified atom stereocenters. The van der Waals surface area contributed by atoms with Crippen molar-refractivity contribution in [1.29, 1.82) is 0 Å². The van der Waals surface area contributed by atoms with E-state index >= 15 is 0 Å². The molecule has 0 aliphatic carbocycles. The maximum atomic E-state index is 12.4. The summed E-state index contributed by atoms with van der Waals surface area (Å²) in [5, 5.41) is 0. The quantitative estimate of drug-likeness (QED) is 0.562. The second kappa shape index (κ2) is 7.07. The van der Waals surface area contributed by atoms with E-state index in [0.717, 1.165) is 9.13 Å². The first kappa shape index (κ1) is 16.0. The molecule has 2 aromatic carbocycles. The third-order valence-corrected chi connectivity index (χ3v) is 9.09. The number of rotatable bonds is 4. The van der Waals surface area contributed by atoms with Crippen molar-refractivity contribution in [2.45, 2.75) is 18.7 Å². The van der Waals surface area contributed by atoms with Crippen LogP contribution in [0.1, 0.15) is 12.5 Å². The van der Waals surface area contributed by atoms with Gasteiger partial charge in [0.15, 0.2) is 0 Å². The van der Waals surface area contributed by atoms with Crippen LogP contribution in [-0.4, -0.2) is 8.42 Å². The Morgan fingerprint density at radius 3 is 2.19 bits per heavy atom. The Labute approximate surface area is 133 Å². The van der Waals surface area contributed by atoms with Crippen LogP contribution < -0.4 is 0 Å². The van der Waals surface area contributed by atoms with Crippen LogP contribution in [0.25, 0.3) is 0 Å². The van der Waals surface area contributed by atoms with Gasteiger partial charge in [-0.1, -0.05) is 0 Å². The first-order valence-electron chi connectivity index (χ1n) is 6.22. The molecular weight excluding hydrogens is 399 g/mol. The molecule has 110 valence electrons. The SMILES string of the molecule is CC#CI(OS(=O)(=O)c1ccc(C)cc1)c1ccccc1. The first-order chi connectivity index (χ1) is 10.0. The van der Waals surface area contributed by atoms with Gasteiger partial charge in [0.25, 0.3) is 0 Å². The van der Waals surface area contributed by atoms with Crippen molar-refractivity contribution in [1.82, 2.24) is 0 Å². The van der Waals surface area contributed by atoms with Gasteiger partial charge in [0.2, 0.25) is 0 Å². The van der Waals surface area contributed by atoms with Crippen LogP contribution in [0.3, 0.4) is 0 Å². The molecule has 0 saturated heterocycles. The molecule has 0 N–H and O–H groups in total. The van der Waals surface area contributed by atoms with Gasteiger partial charge >= 0.3 is 134 Å². The minimum atomic E-state index is -3.78. The fraction of sp³-hybridized carbons (Fsp3) is 0.125. The van der Waals surface area contributed by atoms with Crippen molar-refractivity contribution >= 4 is 30.4 Å². The minimum absolute atomic E-state index is 0.171. The Bertz CT molecular complexity index is 757. The van der Waals surface area contributed by atoms with Crippen LogP contribution in [0.4, 0.5) is 0 Å². The van der Waals surface area contributed by atoms with Gasteiger partial charge < -0.3 is 0 Å². The second-order valence-corrected chi connectivity index (χ2v) is 10.0. The molecule has 0 saturated carbocycles. The summed E-state index contributed by atoms with van der Waals surface area (Å²) >= 11 is -2.55. The Balaban J connectivity index is 2.31. The fourth-order valence-electron chi connectivity index (χ4n) is 1.55. The average molecular weight is 414 g/mol. The number of halogens is 1. The summed E-state index contributed by atoms with van der Waals surface area (Å²) in [6, 6.07) is 15.9. The van der Waals surface area contributed by atoms with Gasteiger partial charge in [-0.3, -0.25) is 0 Å². The molecule has 5 heteroatoms. The van der Waals surface area contributed by atoms with E-state index in [4.69, 9.17) is 2.51 Å². The van der Waals surface area contributed by atoms with Crippen LogP contribution in [-0.2, 0) is 12.6 Å². The van der Waals surface area contributed by atoms with Gasteiger partial charge in [0.05, 0.1) is 0 Å². The molecule has 0 fully saturated rings. The Hall–Kier alpha value is -1.36. The van der Waals surface area contributed by atoms with Crippen molar-refractivity contribution in [3.8, 4) is 9.85 Å². The van der Waals surface area contributed by atoms with Crippen LogP contribution >= 0.6 is 20.2 Å². The van der Waals surface area contributed by atoms with Crippen molar-refractivity contribution in [2.24, 2.45) is 0 Å². The van der Waals surface area contributed by atoms with E-state index in [1.807, 2.05) is 37.3 Å². The van der Waals surface area contributed by atoms with Gasteiger partial charge in [0, 0.05) is 0 Å². The number of hydrogen-bond donors (Lipinski definition) is 0. The summed E-state index contributed by atoms with van der Waals surface area (Å²) < 4.78 is 34.0. The number of aryl methyl sites for hydroxylation is 1. The molecule has 0 amide bonds. The van der Waals surface area contributed by atoms with E-state index < -0.39 is 30.4 Å². The van der Waals surface area contributed by atoms with E-state index in [-0.39, 0.29) is 4.90 Å². The molecule has 21 heavy (non-hydrogen) atoms. The van der Waals surface area contributed by atoms with E-state index in [2.05, 4.69) is 9.85 Å². The zero-order valence-corrected chi connectivity index (χ0v) is 14.7. The van der Waals surface area contributed by atoms with Crippen LogP contribution in [0.2, 0.25) is 0 Å². The van der Waals surface area contributed by atoms with Crippen LogP contribution in [0.5, 0.6) is 0 Å². The third kappa shape index (κ3) is 4.30. The fourth-order valence-corrected chi connectivity index (χ4v) is 7.16. The van der Waals surface area contributed by atoms with Gasteiger partial charge in [-0.15, -0.1) is 0 Å². The normalized spacial score (nSPS) is 11.4. The summed E-state index contributed by atoms with van der Waals surface area (Å²) in [7, 11) is -3.78. The molecule has 0 radical (unpaired) electrons. The standard InChI is InChI=1S/C16H15IO3S/c1-3-13-17(15-7-5-4-6-8-15)20-21(18,19)16-11-9-14(2)10-12-16/h4-12H,1-2H3. The van der Waals surface area contributed by atoms with Crippen LogP contribution in [0, 0.1) is 20.3 Å². The van der Waals surface area contributed by atoms with Gasteiger partial charge in [0.1, 0.15) is 0 Å². The summed E-state index contributed by atoms with van der Waals surface area (Å²) in [5.41, 5.74) is 1.00. The van der Waals surface area contributed by atoms with E-state index in [1.165, 1.54) is 0 Å². The Morgan fingerprint density at radius 2 is 1.62 bits per heavy atom. The van der Waals surface area contributed by atoms with Gasteiger partial charge in [-0.2, -0.15) is 0 Å². The first-order valence-corrected chi connectivity index (χ1v) is 10.7. The number of hydrogen-bond acceptors (Lipinski definition) is 3. The predicted octanol–water partition coefficient (Wildman–Crippen LogP) is 3.97. The molecular formula is C16H15IO3S.